The number of benzene rings is 2. The Balaban J connectivity index is 0.000000686. The van der Waals surface area contributed by atoms with Crippen molar-refractivity contribution in [1.29, 1.82) is 0 Å². The molecule has 2 rings (SSSR count). The monoisotopic (exact) mass is 226 g/mol. The first-order valence-corrected chi connectivity index (χ1v) is 6.32. The van der Waals surface area contributed by atoms with Crippen LogP contribution < -0.4 is 0 Å². The van der Waals surface area contributed by atoms with Crippen LogP contribution >= 0.6 is 0 Å². The maximum atomic E-state index is 2.20. The Bertz CT molecular complexity index is 467. The topological polar surface area (TPSA) is 0 Å². The van der Waals surface area contributed by atoms with Crippen molar-refractivity contribution >= 4 is 0 Å². The fourth-order valence-corrected chi connectivity index (χ4v) is 2.00. The molecule has 0 aliphatic heterocycles. The van der Waals surface area contributed by atoms with E-state index in [4.69, 9.17) is 0 Å². The molecule has 0 aliphatic rings. The maximum Gasteiger partial charge on any atom is -0.0123 e. The van der Waals surface area contributed by atoms with Crippen LogP contribution in [-0.2, 0) is 0 Å². The molecule has 0 spiro atoms. The van der Waals surface area contributed by atoms with E-state index in [1.807, 2.05) is 13.8 Å². The molecule has 17 heavy (non-hydrogen) atoms. The van der Waals surface area contributed by atoms with E-state index in [0.29, 0.717) is 0 Å². The van der Waals surface area contributed by atoms with Gasteiger partial charge in [0.25, 0.3) is 0 Å². The van der Waals surface area contributed by atoms with Gasteiger partial charge in [0.05, 0.1) is 0 Å². The minimum absolute atomic E-state index is 1.32. The Hall–Kier alpha value is -1.56. The Morgan fingerprint density at radius 3 is 1.76 bits per heavy atom. The van der Waals surface area contributed by atoms with Crippen molar-refractivity contribution in [2.24, 2.45) is 0 Å². The van der Waals surface area contributed by atoms with Gasteiger partial charge in [-0.15, -0.1) is 0 Å². The highest BCUT2D eigenvalue weighted by Gasteiger charge is 2.06. The van der Waals surface area contributed by atoms with Gasteiger partial charge in [0.15, 0.2) is 0 Å². The second-order valence-electron chi connectivity index (χ2n) is 4.07. The molecule has 0 bridgehead atoms. The minimum Gasteiger partial charge on any atom is -0.0683 e. The second-order valence-corrected chi connectivity index (χ2v) is 4.07. The quantitative estimate of drug-likeness (QED) is 0.618. The molecule has 0 saturated carbocycles. The normalized spacial score (nSPS) is 9.47. The molecule has 0 unspecified atom stereocenters. The Kier molecular flexibility index (Phi) is 4.96. The smallest absolute Gasteiger partial charge is 0.0123 e. The first kappa shape index (κ1) is 13.5. The third-order valence-corrected chi connectivity index (χ3v) is 3.01. The van der Waals surface area contributed by atoms with Gasteiger partial charge in [-0.3, -0.25) is 0 Å². The lowest BCUT2D eigenvalue weighted by Gasteiger charge is -2.12. The lowest BCUT2D eigenvalue weighted by atomic mass is 9.93. The summed E-state index contributed by atoms with van der Waals surface area (Å²) in [5.41, 5.74) is 6.80. The van der Waals surface area contributed by atoms with E-state index in [1.54, 1.807) is 0 Å². The zero-order chi connectivity index (χ0) is 12.8. The van der Waals surface area contributed by atoms with Gasteiger partial charge in [-0.25, -0.2) is 0 Å². The lowest BCUT2D eigenvalue weighted by Crippen LogP contribution is -1.90. The van der Waals surface area contributed by atoms with Crippen LogP contribution in [0, 0.1) is 20.8 Å². The molecule has 0 aliphatic carbocycles. The van der Waals surface area contributed by atoms with Crippen molar-refractivity contribution in [2.45, 2.75) is 34.6 Å². The summed E-state index contributed by atoms with van der Waals surface area (Å²) in [5.74, 6) is 0. The summed E-state index contributed by atoms with van der Waals surface area (Å²) >= 11 is 0. The van der Waals surface area contributed by atoms with Crippen LogP contribution in [0.1, 0.15) is 30.5 Å². The Morgan fingerprint density at radius 1 is 0.647 bits per heavy atom. The van der Waals surface area contributed by atoms with Gasteiger partial charge in [0, 0.05) is 0 Å². The highest BCUT2D eigenvalue weighted by Crippen LogP contribution is 2.28. The van der Waals surface area contributed by atoms with Gasteiger partial charge >= 0.3 is 0 Å². The van der Waals surface area contributed by atoms with Crippen molar-refractivity contribution in [3.8, 4) is 11.1 Å². The predicted molar refractivity (Wildman–Crippen MR) is 77.4 cm³/mol. The lowest BCUT2D eigenvalue weighted by molar-refractivity contribution is 1.30. The van der Waals surface area contributed by atoms with E-state index >= 15 is 0 Å². The zero-order valence-corrected chi connectivity index (χ0v) is 11.5. The molecular weight excluding hydrogens is 204 g/mol. The van der Waals surface area contributed by atoms with E-state index in [0.717, 1.165) is 0 Å². The number of hydrogen-bond acceptors (Lipinski definition) is 0. The van der Waals surface area contributed by atoms with Crippen molar-refractivity contribution in [1.82, 2.24) is 0 Å². The van der Waals surface area contributed by atoms with Gasteiger partial charge in [-0.2, -0.15) is 0 Å². The average Bonchev–Trinajstić information content (AvgIpc) is 2.38. The second kappa shape index (κ2) is 6.24. The molecule has 0 saturated heterocycles. The first-order chi connectivity index (χ1) is 8.20. The molecule has 2 aromatic rings. The van der Waals surface area contributed by atoms with Crippen LogP contribution in [0.25, 0.3) is 11.1 Å². The Labute approximate surface area is 105 Å². The molecule has 0 N–H and O–H groups in total. The number of aryl methyl sites for hydroxylation is 2. The third kappa shape index (κ3) is 2.97. The maximum absolute atomic E-state index is 2.20. The summed E-state index contributed by atoms with van der Waals surface area (Å²) in [6.45, 7) is 10.5. The number of rotatable bonds is 1. The van der Waals surface area contributed by atoms with E-state index in [1.165, 1.54) is 27.8 Å². The van der Waals surface area contributed by atoms with Crippen LogP contribution in [0.4, 0.5) is 0 Å². The Morgan fingerprint density at radius 2 is 1.18 bits per heavy atom. The fourth-order valence-electron chi connectivity index (χ4n) is 2.00. The van der Waals surface area contributed by atoms with Gasteiger partial charge in [-0.1, -0.05) is 56.3 Å². The SMILES string of the molecule is CC.Cc1ccc(C)c(-c2ccccc2)c1C. The molecule has 0 radical (unpaired) electrons. The highest BCUT2D eigenvalue weighted by molar-refractivity contribution is 5.71. The summed E-state index contributed by atoms with van der Waals surface area (Å²) in [4.78, 5) is 0. The summed E-state index contributed by atoms with van der Waals surface area (Å²) in [7, 11) is 0. The molecule has 0 amide bonds. The van der Waals surface area contributed by atoms with Crippen LogP contribution in [0.3, 0.4) is 0 Å². The summed E-state index contributed by atoms with van der Waals surface area (Å²) in [5, 5.41) is 0. The van der Waals surface area contributed by atoms with Crippen LogP contribution in [0.2, 0.25) is 0 Å². The molecule has 90 valence electrons. The first-order valence-electron chi connectivity index (χ1n) is 6.32. The molecule has 0 heterocycles. The highest BCUT2D eigenvalue weighted by atomic mass is 14.1. The van der Waals surface area contributed by atoms with Gasteiger partial charge in [0.2, 0.25) is 0 Å². The average molecular weight is 226 g/mol. The summed E-state index contributed by atoms with van der Waals surface area (Å²) in [6.07, 6.45) is 0. The summed E-state index contributed by atoms with van der Waals surface area (Å²) < 4.78 is 0. The fraction of sp³-hybridized carbons (Fsp3) is 0.294. The third-order valence-electron chi connectivity index (χ3n) is 3.01. The zero-order valence-electron chi connectivity index (χ0n) is 11.5. The van der Waals surface area contributed by atoms with E-state index in [9.17, 15) is 0 Å². The van der Waals surface area contributed by atoms with E-state index < -0.39 is 0 Å². The standard InChI is InChI=1S/C15H16.C2H6/c1-11-9-10-12(2)15(13(11)3)14-7-5-4-6-8-14;1-2/h4-10H,1-3H3;1-2H3. The number of hydrogen-bond donors (Lipinski definition) is 0. The van der Waals surface area contributed by atoms with Crippen molar-refractivity contribution < 1.29 is 0 Å². The van der Waals surface area contributed by atoms with Crippen molar-refractivity contribution in [3.05, 3.63) is 59.2 Å². The van der Waals surface area contributed by atoms with Crippen LogP contribution in [0.5, 0.6) is 0 Å². The minimum atomic E-state index is 1.32. The largest absolute Gasteiger partial charge is 0.0683 e. The predicted octanol–water partition coefficient (Wildman–Crippen LogP) is 5.31. The van der Waals surface area contributed by atoms with Crippen LogP contribution in [0.15, 0.2) is 42.5 Å². The van der Waals surface area contributed by atoms with Gasteiger partial charge < -0.3 is 0 Å². The molecule has 0 atom stereocenters. The molecule has 2 aromatic carbocycles. The molecule has 0 fully saturated rings. The van der Waals surface area contributed by atoms with Crippen molar-refractivity contribution in [2.75, 3.05) is 0 Å². The molecule has 0 aromatic heterocycles. The van der Waals surface area contributed by atoms with Gasteiger partial charge in [0.1, 0.15) is 0 Å². The molecule has 0 heteroatoms. The molecular formula is C17H22. The van der Waals surface area contributed by atoms with Crippen LogP contribution in [-0.4, -0.2) is 0 Å². The summed E-state index contributed by atoms with van der Waals surface area (Å²) in [6, 6.07) is 15.0. The van der Waals surface area contributed by atoms with E-state index in [2.05, 4.69) is 63.2 Å². The van der Waals surface area contributed by atoms with Crippen molar-refractivity contribution in [3.63, 3.8) is 0 Å². The van der Waals surface area contributed by atoms with Gasteiger partial charge in [-0.05, 0) is 48.6 Å². The molecule has 0 nitrogen and oxygen atoms in total. The van der Waals surface area contributed by atoms with E-state index in [-0.39, 0.29) is 0 Å².